The van der Waals surface area contributed by atoms with Crippen LogP contribution in [0.4, 0.5) is 10.8 Å². The number of hydrogen-bond acceptors (Lipinski definition) is 7. The first-order valence-corrected chi connectivity index (χ1v) is 8.47. The van der Waals surface area contributed by atoms with Crippen molar-refractivity contribution in [3.05, 3.63) is 59.9 Å². The van der Waals surface area contributed by atoms with Gasteiger partial charge in [0.25, 0.3) is 11.6 Å². The number of hydrogen-bond donors (Lipinski definition) is 1. The maximum atomic E-state index is 12.2. The molecule has 9 heteroatoms. The average molecular weight is 361 g/mol. The highest BCUT2D eigenvalue weighted by molar-refractivity contribution is 7.20. The van der Waals surface area contributed by atoms with Gasteiger partial charge in [0.2, 0.25) is 4.74 Å². The van der Waals surface area contributed by atoms with E-state index in [1.165, 1.54) is 35.6 Å². The summed E-state index contributed by atoms with van der Waals surface area (Å²) in [6.07, 6.45) is 0. The summed E-state index contributed by atoms with van der Waals surface area (Å²) in [5, 5.41) is 14.0. The standard InChI is InChI=1S/C15H11N3O4S2/c1-7-8(2)23-13-11(7)14(20)24-15(17-13)16-12(19)9-3-5-10(6-4-9)18(21)22/h3-6H,1-2H3,(H,16,17,19). The van der Waals surface area contributed by atoms with Crippen LogP contribution in [0.1, 0.15) is 20.8 Å². The first-order valence-electron chi connectivity index (χ1n) is 6.83. The number of aryl methyl sites for hydroxylation is 2. The number of rotatable bonds is 3. The summed E-state index contributed by atoms with van der Waals surface area (Å²) in [5.41, 5.74) is 1.07. The molecule has 0 aliphatic rings. The van der Waals surface area contributed by atoms with E-state index in [-0.39, 0.29) is 21.1 Å². The molecule has 2 heterocycles. The Morgan fingerprint density at radius 3 is 2.50 bits per heavy atom. The normalized spacial score (nSPS) is 10.8. The Labute approximate surface area is 143 Å². The molecule has 0 spiro atoms. The number of nitrogens with one attached hydrogen (secondary N) is 1. The summed E-state index contributed by atoms with van der Waals surface area (Å²) in [6.45, 7) is 3.79. The number of thiophene rings is 1. The largest absolute Gasteiger partial charge is 0.298 e. The predicted molar refractivity (Wildman–Crippen MR) is 94.3 cm³/mol. The summed E-state index contributed by atoms with van der Waals surface area (Å²) in [7, 11) is 0. The Morgan fingerprint density at radius 2 is 1.88 bits per heavy atom. The minimum absolute atomic E-state index is 0.0970. The van der Waals surface area contributed by atoms with E-state index in [1.54, 1.807) is 0 Å². The van der Waals surface area contributed by atoms with Gasteiger partial charge in [-0.3, -0.25) is 25.0 Å². The molecule has 1 aromatic carbocycles. The van der Waals surface area contributed by atoms with Gasteiger partial charge in [-0.1, -0.05) is 11.3 Å². The first kappa shape index (κ1) is 16.2. The van der Waals surface area contributed by atoms with Gasteiger partial charge >= 0.3 is 0 Å². The number of nitrogens with zero attached hydrogens (tertiary/aromatic N) is 2. The topological polar surface area (TPSA) is 102 Å². The van der Waals surface area contributed by atoms with Gasteiger partial charge in [-0.2, -0.15) is 0 Å². The SMILES string of the molecule is Cc1sc2nc(NC(=O)c3ccc([N+](=O)[O-])cc3)sc(=O)c2c1C. The van der Waals surface area contributed by atoms with Crippen LogP contribution < -0.4 is 10.1 Å². The van der Waals surface area contributed by atoms with Crippen molar-refractivity contribution in [3.8, 4) is 0 Å². The van der Waals surface area contributed by atoms with Crippen LogP contribution in [-0.4, -0.2) is 15.8 Å². The maximum absolute atomic E-state index is 12.2. The molecule has 0 fully saturated rings. The van der Waals surface area contributed by atoms with Gasteiger partial charge in [0.1, 0.15) is 4.83 Å². The van der Waals surface area contributed by atoms with Crippen molar-refractivity contribution in [1.29, 1.82) is 0 Å². The highest BCUT2D eigenvalue weighted by Gasteiger charge is 2.15. The third-order valence-corrected chi connectivity index (χ3v) is 5.40. The zero-order chi connectivity index (χ0) is 17.4. The number of non-ortho nitro benzene ring substituents is 1. The molecule has 24 heavy (non-hydrogen) atoms. The third kappa shape index (κ3) is 2.91. The van der Waals surface area contributed by atoms with Gasteiger partial charge in [-0.05, 0) is 31.5 Å². The minimum atomic E-state index is -0.537. The lowest BCUT2D eigenvalue weighted by atomic mass is 10.2. The average Bonchev–Trinajstić information content (AvgIpc) is 2.82. The number of nitro groups is 1. The highest BCUT2D eigenvalue weighted by Crippen LogP contribution is 2.28. The smallest absolute Gasteiger partial charge is 0.269 e. The van der Waals surface area contributed by atoms with Crippen molar-refractivity contribution >= 4 is 49.6 Å². The molecule has 0 radical (unpaired) electrons. The van der Waals surface area contributed by atoms with Crippen molar-refractivity contribution in [2.24, 2.45) is 0 Å². The van der Waals surface area contributed by atoms with Gasteiger partial charge < -0.3 is 0 Å². The van der Waals surface area contributed by atoms with E-state index in [2.05, 4.69) is 10.3 Å². The van der Waals surface area contributed by atoms with E-state index < -0.39 is 10.8 Å². The third-order valence-electron chi connectivity index (χ3n) is 3.52. The van der Waals surface area contributed by atoms with Gasteiger partial charge in [-0.25, -0.2) is 4.98 Å². The molecule has 1 N–H and O–H groups in total. The minimum Gasteiger partial charge on any atom is -0.298 e. The predicted octanol–water partition coefficient (Wildman–Crippen LogP) is 3.50. The number of carbonyl (C=O) groups excluding carboxylic acids is 1. The Bertz CT molecular complexity index is 1020. The molecule has 7 nitrogen and oxygen atoms in total. The summed E-state index contributed by atoms with van der Waals surface area (Å²) in [6, 6.07) is 5.21. The molecule has 0 aliphatic carbocycles. The fourth-order valence-electron chi connectivity index (χ4n) is 2.14. The van der Waals surface area contributed by atoms with Crippen LogP contribution in [-0.2, 0) is 0 Å². The molecule has 0 saturated carbocycles. The number of aromatic nitrogens is 1. The van der Waals surface area contributed by atoms with E-state index >= 15 is 0 Å². The molecule has 0 unspecified atom stereocenters. The van der Waals surface area contributed by atoms with Crippen LogP contribution in [0.15, 0.2) is 29.1 Å². The number of nitro benzene ring substituents is 1. The number of benzene rings is 1. The second-order valence-electron chi connectivity index (χ2n) is 5.03. The monoisotopic (exact) mass is 361 g/mol. The molecule has 3 aromatic rings. The molecular formula is C15H11N3O4S2. The van der Waals surface area contributed by atoms with Crippen LogP contribution in [0.25, 0.3) is 10.2 Å². The number of anilines is 1. The lowest BCUT2D eigenvalue weighted by Crippen LogP contribution is -2.13. The molecule has 2 aromatic heterocycles. The van der Waals surface area contributed by atoms with Crippen molar-refractivity contribution in [3.63, 3.8) is 0 Å². The van der Waals surface area contributed by atoms with Gasteiger partial charge in [0.05, 0.1) is 10.3 Å². The Morgan fingerprint density at radius 1 is 1.21 bits per heavy atom. The molecule has 0 saturated heterocycles. The van der Waals surface area contributed by atoms with Crippen LogP contribution in [0, 0.1) is 24.0 Å². The molecule has 0 atom stereocenters. The van der Waals surface area contributed by atoms with E-state index in [0.29, 0.717) is 10.2 Å². The number of carbonyl (C=O) groups is 1. The van der Waals surface area contributed by atoms with Gasteiger partial charge in [0, 0.05) is 22.6 Å². The molecule has 0 bridgehead atoms. The summed E-state index contributed by atoms with van der Waals surface area (Å²) < 4.78 is -0.152. The van der Waals surface area contributed by atoms with Crippen molar-refractivity contribution in [2.45, 2.75) is 13.8 Å². The summed E-state index contributed by atoms with van der Waals surface area (Å²) in [5.74, 6) is -0.475. The molecule has 3 rings (SSSR count). The van der Waals surface area contributed by atoms with Crippen molar-refractivity contribution in [1.82, 2.24) is 4.98 Å². The Balaban J connectivity index is 1.90. The van der Waals surface area contributed by atoms with E-state index in [9.17, 15) is 19.7 Å². The summed E-state index contributed by atoms with van der Waals surface area (Å²) in [4.78, 5) is 40.5. The van der Waals surface area contributed by atoms with E-state index in [1.807, 2.05) is 13.8 Å². The van der Waals surface area contributed by atoms with Gasteiger partial charge in [0.15, 0.2) is 5.13 Å². The highest BCUT2D eigenvalue weighted by atomic mass is 32.1. The fraction of sp³-hybridized carbons (Fsp3) is 0.133. The van der Waals surface area contributed by atoms with Crippen molar-refractivity contribution < 1.29 is 9.72 Å². The molecular weight excluding hydrogens is 350 g/mol. The van der Waals surface area contributed by atoms with Crippen molar-refractivity contribution in [2.75, 3.05) is 5.32 Å². The van der Waals surface area contributed by atoms with E-state index in [4.69, 9.17) is 0 Å². The maximum Gasteiger partial charge on any atom is 0.269 e. The molecule has 1 amide bonds. The lowest BCUT2D eigenvalue weighted by Gasteiger charge is -2.03. The molecule has 122 valence electrons. The Hall–Kier alpha value is -2.65. The fourth-order valence-corrected chi connectivity index (χ4v) is 4.10. The van der Waals surface area contributed by atoms with Crippen LogP contribution >= 0.6 is 22.7 Å². The van der Waals surface area contributed by atoms with Crippen LogP contribution in [0.5, 0.6) is 0 Å². The second-order valence-corrected chi connectivity index (χ2v) is 7.19. The quantitative estimate of drug-likeness (QED) is 0.568. The van der Waals surface area contributed by atoms with E-state index in [0.717, 1.165) is 21.8 Å². The lowest BCUT2D eigenvalue weighted by molar-refractivity contribution is -0.384. The zero-order valence-electron chi connectivity index (χ0n) is 12.7. The summed E-state index contributed by atoms with van der Waals surface area (Å²) >= 11 is 2.27. The number of fused-ring (bicyclic) bond motifs is 1. The van der Waals surface area contributed by atoms with Gasteiger partial charge in [-0.15, -0.1) is 11.3 Å². The second kappa shape index (κ2) is 6.10. The van der Waals surface area contributed by atoms with Crippen LogP contribution in [0.3, 0.4) is 0 Å². The number of amides is 1. The zero-order valence-corrected chi connectivity index (χ0v) is 14.3. The molecule has 0 aliphatic heterocycles. The van der Waals surface area contributed by atoms with Crippen LogP contribution in [0.2, 0.25) is 0 Å². The first-order chi connectivity index (χ1) is 11.4. The Kier molecular flexibility index (Phi) is 4.12.